The van der Waals surface area contributed by atoms with Crippen LogP contribution in [-0.2, 0) is 30.9 Å². The van der Waals surface area contributed by atoms with Crippen molar-refractivity contribution in [3.8, 4) is 11.3 Å². The molecule has 6 nitrogen and oxygen atoms in total. The predicted octanol–water partition coefficient (Wildman–Crippen LogP) is 7.19. The number of carbonyl (C=O) groups is 2. The van der Waals surface area contributed by atoms with Gasteiger partial charge in [0, 0.05) is 22.8 Å². The molecule has 2 aromatic carbocycles. The quantitative estimate of drug-likeness (QED) is 0.306. The number of rotatable bonds is 8. The highest BCUT2D eigenvalue weighted by molar-refractivity contribution is 5.94. The molecule has 1 aliphatic heterocycles. The van der Waals surface area contributed by atoms with E-state index in [1.165, 1.54) is 11.1 Å². The van der Waals surface area contributed by atoms with Crippen molar-refractivity contribution in [3.63, 3.8) is 0 Å². The van der Waals surface area contributed by atoms with Gasteiger partial charge in [0.25, 0.3) is 0 Å². The number of esters is 2. The van der Waals surface area contributed by atoms with E-state index in [1.54, 1.807) is 6.21 Å². The predicted molar refractivity (Wildman–Crippen MR) is 162 cm³/mol. The first-order valence-corrected chi connectivity index (χ1v) is 14.1. The van der Waals surface area contributed by atoms with Crippen LogP contribution in [0.4, 0.5) is 0 Å². The van der Waals surface area contributed by atoms with Crippen molar-refractivity contribution < 1.29 is 19.1 Å². The summed E-state index contributed by atoms with van der Waals surface area (Å²) < 4.78 is 11.2. The Morgan fingerprint density at radius 3 is 2.27 bits per heavy atom. The van der Waals surface area contributed by atoms with Crippen LogP contribution in [0, 0.1) is 19.8 Å². The third-order valence-corrected chi connectivity index (χ3v) is 7.64. The van der Waals surface area contributed by atoms with E-state index < -0.39 is 16.6 Å². The number of carbonyl (C=O) groups excluding carboxylic acids is 2. The Balaban J connectivity index is 1.88. The second-order valence-corrected chi connectivity index (χ2v) is 12.5. The number of ether oxygens (including phenoxy) is 2. The first-order valence-electron chi connectivity index (χ1n) is 14.1. The van der Waals surface area contributed by atoms with Crippen LogP contribution in [0.25, 0.3) is 22.2 Å². The molecule has 0 aliphatic carbocycles. The minimum absolute atomic E-state index is 0.206. The van der Waals surface area contributed by atoms with Gasteiger partial charge in [0.2, 0.25) is 0 Å². The Morgan fingerprint density at radius 2 is 1.70 bits per heavy atom. The molecule has 2 heterocycles. The largest absolute Gasteiger partial charge is 0.465 e. The fraction of sp³-hybridized carbons (Fsp3) is 0.441. The minimum atomic E-state index is -1.11. The van der Waals surface area contributed by atoms with Gasteiger partial charge in [-0.2, -0.15) is 0 Å². The zero-order chi connectivity index (χ0) is 29.5. The van der Waals surface area contributed by atoms with Gasteiger partial charge >= 0.3 is 11.9 Å². The van der Waals surface area contributed by atoms with E-state index in [-0.39, 0.29) is 17.9 Å². The maximum atomic E-state index is 13.5. The van der Waals surface area contributed by atoms with Crippen LogP contribution >= 0.6 is 0 Å². The highest BCUT2D eigenvalue weighted by Gasteiger charge is 2.45. The smallest absolute Gasteiger partial charge is 0.338 e. The number of allylic oxidation sites excluding steroid dienone is 1. The SMILES string of the molecule is CCOC(=O)C(C)(C)c1ccc2[nH]c(-c3cc(C)cc(C)c3)c(CC(C)C3(C(=O)OC(C)(C)C)C=CC=N3)c2c1. The number of fused-ring (bicyclic) bond motifs is 1. The van der Waals surface area contributed by atoms with Crippen LogP contribution < -0.4 is 0 Å². The van der Waals surface area contributed by atoms with Gasteiger partial charge in [0.05, 0.1) is 12.0 Å². The molecule has 0 spiro atoms. The van der Waals surface area contributed by atoms with Gasteiger partial charge in [-0.1, -0.05) is 30.2 Å². The lowest BCUT2D eigenvalue weighted by Crippen LogP contribution is -2.45. The molecule has 2 atom stereocenters. The molecule has 2 unspecified atom stereocenters. The van der Waals surface area contributed by atoms with Gasteiger partial charge in [-0.15, -0.1) is 0 Å². The number of aromatic amines is 1. The Labute approximate surface area is 237 Å². The summed E-state index contributed by atoms with van der Waals surface area (Å²) in [7, 11) is 0. The molecule has 0 radical (unpaired) electrons. The third kappa shape index (κ3) is 5.63. The third-order valence-electron chi connectivity index (χ3n) is 7.64. The molecule has 1 N–H and O–H groups in total. The molecule has 1 aromatic heterocycles. The van der Waals surface area contributed by atoms with E-state index >= 15 is 0 Å². The standard InChI is InChI=1S/C34H42N2O4/c1-10-39-30(37)33(8,9)25-12-13-28-26(20-25)27(29(36-28)24-17-21(2)16-22(3)18-24)19-23(4)34(14-11-15-35-34)31(38)40-32(5,6)7/h11-18,20,23,36H,10,19H2,1-9H3. The number of nitrogens with one attached hydrogen (secondary N) is 1. The topological polar surface area (TPSA) is 80.8 Å². The normalized spacial score (nSPS) is 17.8. The molecule has 0 saturated carbocycles. The molecule has 0 amide bonds. The van der Waals surface area contributed by atoms with Gasteiger partial charge in [-0.05, 0) is 121 Å². The number of H-pyrrole nitrogens is 1. The van der Waals surface area contributed by atoms with Crippen LogP contribution in [0.1, 0.15) is 70.7 Å². The van der Waals surface area contributed by atoms with Crippen molar-refractivity contribution in [2.24, 2.45) is 10.9 Å². The van der Waals surface area contributed by atoms with Crippen LogP contribution in [-0.4, -0.2) is 40.9 Å². The molecular weight excluding hydrogens is 500 g/mol. The maximum Gasteiger partial charge on any atom is 0.338 e. The summed E-state index contributed by atoms with van der Waals surface area (Å²) in [6.45, 7) is 17.8. The number of hydrogen-bond acceptors (Lipinski definition) is 5. The molecule has 4 rings (SSSR count). The fourth-order valence-corrected chi connectivity index (χ4v) is 5.48. The Bertz CT molecular complexity index is 1470. The van der Waals surface area contributed by atoms with Gasteiger partial charge in [0.15, 0.2) is 5.54 Å². The van der Waals surface area contributed by atoms with Crippen LogP contribution in [0.2, 0.25) is 0 Å². The molecule has 1 aliphatic rings. The van der Waals surface area contributed by atoms with E-state index in [0.29, 0.717) is 13.0 Å². The van der Waals surface area contributed by atoms with Gasteiger partial charge in [-0.25, -0.2) is 4.79 Å². The zero-order valence-electron chi connectivity index (χ0n) is 25.3. The average Bonchev–Trinajstić information content (AvgIpc) is 3.49. The van der Waals surface area contributed by atoms with E-state index in [1.807, 2.05) is 72.8 Å². The van der Waals surface area contributed by atoms with Crippen molar-refractivity contribution in [3.05, 3.63) is 70.8 Å². The maximum absolute atomic E-state index is 13.5. The number of benzene rings is 2. The monoisotopic (exact) mass is 542 g/mol. The van der Waals surface area contributed by atoms with E-state index in [0.717, 1.165) is 33.3 Å². The molecule has 212 valence electrons. The highest BCUT2D eigenvalue weighted by atomic mass is 16.6. The fourth-order valence-electron chi connectivity index (χ4n) is 5.48. The number of aliphatic imine (C=N–C) groups is 1. The molecule has 0 bridgehead atoms. The number of nitrogens with zero attached hydrogens (tertiary/aromatic N) is 1. The highest BCUT2D eigenvalue weighted by Crippen LogP contribution is 2.40. The number of hydrogen-bond donors (Lipinski definition) is 1. The number of aryl methyl sites for hydroxylation is 2. The van der Waals surface area contributed by atoms with Crippen molar-refractivity contribution in [2.45, 2.75) is 85.3 Å². The lowest BCUT2D eigenvalue weighted by atomic mass is 9.80. The summed E-state index contributed by atoms with van der Waals surface area (Å²) in [4.78, 5) is 34.7. The lowest BCUT2D eigenvalue weighted by Gasteiger charge is -2.32. The first-order chi connectivity index (χ1) is 18.7. The molecule has 3 aromatic rings. The van der Waals surface area contributed by atoms with Crippen molar-refractivity contribution in [1.82, 2.24) is 4.98 Å². The van der Waals surface area contributed by atoms with Crippen molar-refractivity contribution >= 4 is 29.1 Å². The minimum Gasteiger partial charge on any atom is -0.465 e. The van der Waals surface area contributed by atoms with E-state index in [9.17, 15) is 9.59 Å². The summed E-state index contributed by atoms with van der Waals surface area (Å²) in [6, 6.07) is 12.6. The van der Waals surface area contributed by atoms with Crippen LogP contribution in [0.3, 0.4) is 0 Å². The molecule has 6 heteroatoms. The van der Waals surface area contributed by atoms with Crippen molar-refractivity contribution in [1.29, 1.82) is 0 Å². The molecule has 0 saturated heterocycles. The molecular formula is C34H42N2O4. The van der Waals surface area contributed by atoms with Gasteiger partial charge in [0.1, 0.15) is 5.60 Å². The number of aromatic nitrogens is 1. The Kier molecular flexibility index (Phi) is 7.85. The second kappa shape index (κ2) is 10.7. The lowest BCUT2D eigenvalue weighted by molar-refractivity contribution is -0.161. The van der Waals surface area contributed by atoms with E-state index in [2.05, 4.69) is 48.1 Å². The van der Waals surface area contributed by atoms with Crippen LogP contribution in [0.5, 0.6) is 0 Å². The van der Waals surface area contributed by atoms with E-state index in [4.69, 9.17) is 9.47 Å². The van der Waals surface area contributed by atoms with Gasteiger partial charge < -0.3 is 14.5 Å². The summed E-state index contributed by atoms with van der Waals surface area (Å²) >= 11 is 0. The average molecular weight is 543 g/mol. The summed E-state index contributed by atoms with van der Waals surface area (Å²) in [5.41, 5.74) is 4.79. The summed E-state index contributed by atoms with van der Waals surface area (Å²) in [5, 5.41) is 1.01. The molecule has 40 heavy (non-hydrogen) atoms. The Morgan fingerprint density at radius 1 is 1.02 bits per heavy atom. The zero-order valence-corrected chi connectivity index (χ0v) is 25.3. The molecule has 0 fully saturated rings. The van der Waals surface area contributed by atoms with Crippen LogP contribution in [0.15, 0.2) is 53.5 Å². The Hall–Kier alpha value is -3.67. The summed E-state index contributed by atoms with van der Waals surface area (Å²) in [5.74, 6) is -0.819. The second-order valence-electron chi connectivity index (χ2n) is 12.5. The first kappa shape index (κ1) is 29.3. The summed E-state index contributed by atoms with van der Waals surface area (Å²) in [6.07, 6.45) is 5.92. The van der Waals surface area contributed by atoms with Gasteiger partial charge in [-0.3, -0.25) is 9.79 Å². The van der Waals surface area contributed by atoms with Crippen molar-refractivity contribution in [2.75, 3.05) is 6.61 Å².